The van der Waals surface area contributed by atoms with E-state index in [1.807, 2.05) is 12.1 Å². The Morgan fingerprint density at radius 1 is 1.28 bits per heavy atom. The minimum absolute atomic E-state index is 0.0122. The monoisotopic (exact) mass is 399 g/mol. The van der Waals surface area contributed by atoms with Crippen molar-refractivity contribution in [2.45, 2.75) is 63.8 Å². The van der Waals surface area contributed by atoms with Crippen molar-refractivity contribution < 1.29 is 19.0 Å². The summed E-state index contributed by atoms with van der Waals surface area (Å²) < 4.78 is 17.6. The van der Waals surface area contributed by atoms with Crippen molar-refractivity contribution in [3.63, 3.8) is 0 Å². The van der Waals surface area contributed by atoms with Crippen LogP contribution in [-0.4, -0.2) is 44.0 Å². The number of epoxide rings is 1. The minimum atomic E-state index is -0.0843. The molecule has 2 heterocycles. The number of methoxy groups -OCH3 is 1. The Bertz CT molecular complexity index is 780. The maximum absolute atomic E-state index is 12.7. The zero-order valence-electron chi connectivity index (χ0n) is 17.8. The van der Waals surface area contributed by atoms with Crippen LogP contribution in [0.4, 0.5) is 0 Å². The molecule has 1 N–H and O–H groups in total. The maximum atomic E-state index is 12.7. The number of benzene rings is 1. The van der Waals surface area contributed by atoms with Gasteiger partial charge in [-0.25, -0.2) is 0 Å². The third-order valence-corrected chi connectivity index (χ3v) is 8.31. The molecule has 158 valence electrons. The lowest BCUT2D eigenvalue weighted by atomic mass is 9.53. The van der Waals surface area contributed by atoms with Gasteiger partial charge >= 0.3 is 5.97 Å². The first-order valence-electron chi connectivity index (χ1n) is 11.2. The topological polar surface area (TPSA) is 60.1 Å². The van der Waals surface area contributed by atoms with Crippen LogP contribution in [0.3, 0.4) is 0 Å². The lowest BCUT2D eigenvalue weighted by Crippen LogP contribution is -2.54. The van der Waals surface area contributed by atoms with E-state index in [1.54, 1.807) is 7.11 Å². The van der Waals surface area contributed by atoms with Gasteiger partial charge in [-0.3, -0.25) is 4.79 Å². The molecular weight excluding hydrogens is 366 g/mol. The van der Waals surface area contributed by atoms with Gasteiger partial charge in [0.05, 0.1) is 19.1 Å². The third-order valence-electron chi connectivity index (χ3n) is 8.31. The highest BCUT2D eigenvalue weighted by Gasteiger charge is 2.78. The fourth-order valence-electron chi connectivity index (χ4n) is 6.75. The minimum Gasteiger partial charge on any atom is -0.497 e. The predicted molar refractivity (Wildman–Crippen MR) is 110 cm³/mol. The highest BCUT2D eigenvalue weighted by molar-refractivity contribution is 5.76. The van der Waals surface area contributed by atoms with Crippen LogP contribution in [-0.2, 0) is 20.7 Å². The molecule has 5 nitrogen and oxygen atoms in total. The molecule has 0 aromatic heterocycles. The molecule has 2 saturated heterocycles. The Hall–Kier alpha value is -1.59. The SMILES string of the molecule is COc1ccc(CCNCC2C(=O)OC3CC4(C)CCCC(C)C45OC5C32)cc1. The lowest BCUT2D eigenvalue weighted by molar-refractivity contribution is -0.146. The molecule has 5 heteroatoms. The molecular formula is C24H33NO4. The molecule has 2 aliphatic heterocycles. The van der Waals surface area contributed by atoms with Gasteiger partial charge in [0.25, 0.3) is 0 Å². The first kappa shape index (κ1) is 19.4. The summed E-state index contributed by atoms with van der Waals surface area (Å²) in [6, 6.07) is 8.16. The Morgan fingerprint density at radius 2 is 2.07 bits per heavy atom. The van der Waals surface area contributed by atoms with E-state index in [0.717, 1.165) is 25.1 Å². The van der Waals surface area contributed by atoms with Gasteiger partial charge in [-0.05, 0) is 55.8 Å². The van der Waals surface area contributed by atoms with Crippen molar-refractivity contribution in [1.29, 1.82) is 0 Å². The highest BCUT2D eigenvalue weighted by Crippen LogP contribution is 2.70. The van der Waals surface area contributed by atoms with Crippen LogP contribution in [0.25, 0.3) is 0 Å². The lowest BCUT2D eigenvalue weighted by Gasteiger charge is -2.48. The molecule has 1 spiro atoms. The maximum Gasteiger partial charge on any atom is 0.311 e. The first-order valence-corrected chi connectivity index (χ1v) is 11.2. The largest absolute Gasteiger partial charge is 0.497 e. The van der Waals surface area contributed by atoms with Crippen molar-refractivity contribution in [3.05, 3.63) is 29.8 Å². The number of fused-ring (bicyclic) bond motifs is 2. The number of carbonyl (C=O) groups excluding carboxylic acids is 1. The first-order chi connectivity index (χ1) is 14.0. The number of carbonyl (C=O) groups is 1. The summed E-state index contributed by atoms with van der Waals surface area (Å²) in [5.41, 5.74) is 1.41. The molecule has 1 aromatic carbocycles. The zero-order chi connectivity index (χ0) is 20.2. The van der Waals surface area contributed by atoms with Gasteiger partial charge in [-0.1, -0.05) is 32.4 Å². The van der Waals surface area contributed by atoms with E-state index in [-0.39, 0.29) is 41.0 Å². The van der Waals surface area contributed by atoms with Crippen LogP contribution in [0, 0.1) is 23.2 Å². The van der Waals surface area contributed by atoms with Gasteiger partial charge in [0.2, 0.25) is 0 Å². The summed E-state index contributed by atoms with van der Waals surface area (Å²) in [5.74, 6) is 1.55. The molecule has 4 fully saturated rings. The van der Waals surface area contributed by atoms with E-state index >= 15 is 0 Å². The summed E-state index contributed by atoms with van der Waals surface area (Å²) >= 11 is 0. The number of hydrogen-bond donors (Lipinski definition) is 1. The molecule has 7 unspecified atom stereocenters. The van der Waals surface area contributed by atoms with Gasteiger partial charge in [0.1, 0.15) is 17.5 Å². The normalized spacial score (nSPS) is 42.4. The Kier molecular flexibility index (Phi) is 4.67. The highest BCUT2D eigenvalue weighted by atomic mass is 16.6. The van der Waals surface area contributed by atoms with E-state index in [0.29, 0.717) is 12.5 Å². The number of rotatable bonds is 6. The van der Waals surface area contributed by atoms with Crippen LogP contribution >= 0.6 is 0 Å². The van der Waals surface area contributed by atoms with E-state index in [4.69, 9.17) is 14.2 Å². The summed E-state index contributed by atoms with van der Waals surface area (Å²) in [6.45, 7) is 6.24. The van der Waals surface area contributed by atoms with E-state index < -0.39 is 0 Å². The van der Waals surface area contributed by atoms with Crippen LogP contribution in [0.1, 0.15) is 45.1 Å². The predicted octanol–water partition coefficient (Wildman–Crippen LogP) is 3.35. The quantitative estimate of drug-likeness (QED) is 0.452. The van der Waals surface area contributed by atoms with Crippen molar-refractivity contribution >= 4 is 5.97 Å². The zero-order valence-corrected chi connectivity index (χ0v) is 17.8. The fraction of sp³-hybridized carbons (Fsp3) is 0.708. The molecule has 2 saturated carbocycles. The fourth-order valence-corrected chi connectivity index (χ4v) is 6.75. The summed E-state index contributed by atoms with van der Waals surface area (Å²) in [5, 5.41) is 3.51. The molecule has 2 aliphatic carbocycles. The molecule has 4 aliphatic rings. The molecule has 29 heavy (non-hydrogen) atoms. The average Bonchev–Trinajstić information content (AvgIpc) is 3.39. The van der Waals surface area contributed by atoms with Crippen LogP contribution < -0.4 is 10.1 Å². The third kappa shape index (κ3) is 2.92. The van der Waals surface area contributed by atoms with Crippen LogP contribution in [0.2, 0.25) is 0 Å². The van der Waals surface area contributed by atoms with Crippen molar-refractivity contribution in [3.8, 4) is 5.75 Å². The smallest absolute Gasteiger partial charge is 0.311 e. The van der Waals surface area contributed by atoms with Crippen LogP contribution in [0.5, 0.6) is 5.75 Å². The van der Waals surface area contributed by atoms with E-state index in [9.17, 15) is 4.79 Å². The standard InChI is InChI=1S/C24H33NO4/c1-15-5-4-11-23(2)13-19-20(21-24(15,23)29-21)18(22(26)28-19)14-25-12-10-16-6-8-17(27-3)9-7-16/h6-9,15,18-21,25H,4-5,10-14H2,1-3H3. The van der Waals surface area contributed by atoms with Gasteiger partial charge < -0.3 is 19.5 Å². The Morgan fingerprint density at radius 3 is 2.83 bits per heavy atom. The van der Waals surface area contributed by atoms with E-state index in [1.165, 1.54) is 24.8 Å². The second-order valence-corrected chi connectivity index (χ2v) is 9.85. The molecule has 0 radical (unpaired) electrons. The Balaban J connectivity index is 1.21. The molecule has 5 rings (SSSR count). The van der Waals surface area contributed by atoms with Crippen molar-refractivity contribution in [2.24, 2.45) is 23.2 Å². The van der Waals surface area contributed by atoms with Crippen molar-refractivity contribution in [1.82, 2.24) is 5.32 Å². The van der Waals surface area contributed by atoms with Gasteiger partial charge in [0.15, 0.2) is 0 Å². The Labute approximate surface area is 173 Å². The molecule has 7 atom stereocenters. The number of nitrogens with one attached hydrogen (secondary N) is 1. The number of ether oxygens (including phenoxy) is 3. The summed E-state index contributed by atoms with van der Waals surface area (Å²) in [6.07, 6.45) is 5.82. The summed E-state index contributed by atoms with van der Waals surface area (Å²) in [4.78, 5) is 12.7. The average molecular weight is 400 g/mol. The second-order valence-electron chi connectivity index (χ2n) is 9.85. The van der Waals surface area contributed by atoms with Crippen LogP contribution in [0.15, 0.2) is 24.3 Å². The summed E-state index contributed by atoms with van der Waals surface area (Å²) in [7, 11) is 1.68. The number of hydrogen-bond acceptors (Lipinski definition) is 5. The second kappa shape index (κ2) is 6.98. The van der Waals surface area contributed by atoms with Gasteiger partial charge in [-0.15, -0.1) is 0 Å². The number of esters is 1. The van der Waals surface area contributed by atoms with Gasteiger partial charge in [-0.2, -0.15) is 0 Å². The van der Waals surface area contributed by atoms with Gasteiger partial charge in [0, 0.05) is 17.9 Å². The molecule has 1 aromatic rings. The molecule has 0 amide bonds. The van der Waals surface area contributed by atoms with E-state index in [2.05, 4.69) is 31.3 Å². The molecule has 0 bridgehead atoms. The van der Waals surface area contributed by atoms with Crippen molar-refractivity contribution in [2.75, 3.05) is 20.2 Å².